The first kappa shape index (κ1) is 22.1. The number of nitrogens with one attached hydrogen (secondary N) is 2. The van der Waals surface area contributed by atoms with Crippen LogP contribution in [-0.2, 0) is 9.47 Å². The zero-order valence-corrected chi connectivity index (χ0v) is 17.6. The number of hydrogen-bond donors (Lipinski definition) is 3. The first-order valence-electron chi connectivity index (χ1n) is 9.33. The Morgan fingerprint density at radius 2 is 2.21 bits per heavy atom. The Hall–Kier alpha value is -2.24. The molecule has 1 saturated heterocycles. The molecule has 0 aliphatic carbocycles. The fourth-order valence-electron chi connectivity index (χ4n) is 2.50. The molecule has 2 heterocycles. The minimum absolute atomic E-state index is 0.0359. The second-order valence-corrected chi connectivity index (χ2v) is 8.86. The van der Waals surface area contributed by atoms with Crippen molar-refractivity contribution < 1.29 is 24.2 Å². The highest BCUT2D eigenvalue weighted by Gasteiger charge is 2.20. The summed E-state index contributed by atoms with van der Waals surface area (Å²) >= 11 is 1.16. The lowest BCUT2D eigenvalue weighted by atomic mass is 9.98. The molecule has 1 amide bonds. The van der Waals surface area contributed by atoms with Gasteiger partial charge in [0.25, 0.3) is 0 Å². The van der Waals surface area contributed by atoms with Crippen LogP contribution in [0.4, 0.5) is 10.5 Å². The molecule has 8 heteroatoms. The lowest BCUT2D eigenvalue weighted by Crippen LogP contribution is -2.32. The highest BCUT2D eigenvalue weighted by molar-refractivity contribution is 7.15. The van der Waals surface area contributed by atoms with E-state index in [1.54, 1.807) is 6.07 Å². The van der Waals surface area contributed by atoms with Gasteiger partial charge in [-0.15, -0.1) is 11.3 Å². The number of alkyl carbamates (subject to hydrolysis) is 1. The predicted molar refractivity (Wildman–Crippen MR) is 109 cm³/mol. The summed E-state index contributed by atoms with van der Waals surface area (Å²) in [5.74, 6) is 5.18. The monoisotopic (exact) mass is 408 g/mol. The van der Waals surface area contributed by atoms with Gasteiger partial charge in [-0.1, -0.05) is 11.8 Å². The Bertz CT molecular complexity index is 751. The van der Waals surface area contributed by atoms with E-state index in [2.05, 4.69) is 22.5 Å². The molecule has 0 bridgehead atoms. The lowest BCUT2D eigenvalue weighted by molar-refractivity contribution is 0.0702. The Labute approximate surface area is 169 Å². The Morgan fingerprint density at radius 3 is 2.82 bits per heavy atom. The van der Waals surface area contributed by atoms with Crippen molar-refractivity contribution in [2.75, 3.05) is 25.1 Å². The zero-order chi connectivity index (χ0) is 20.7. The highest BCUT2D eigenvalue weighted by atomic mass is 32.1. The van der Waals surface area contributed by atoms with Crippen molar-refractivity contribution in [3.63, 3.8) is 0 Å². The summed E-state index contributed by atoms with van der Waals surface area (Å²) in [4.78, 5) is 24.2. The van der Waals surface area contributed by atoms with Crippen molar-refractivity contribution in [1.29, 1.82) is 0 Å². The minimum atomic E-state index is -0.982. The molecule has 1 aromatic heterocycles. The fraction of sp³-hybridized carbons (Fsp3) is 0.600. The largest absolute Gasteiger partial charge is 0.477 e. The van der Waals surface area contributed by atoms with Crippen LogP contribution >= 0.6 is 11.3 Å². The average molecular weight is 409 g/mol. The number of ether oxygens (including phenoxy) is 2. The van der Waals surface area contributed by atoms with Gasteiger partial charge in [0, 0.05) is 24.4 Å². The van der Waals surface area contributed by atoms with E-state index in [9.17, 15) is 14.7 Å². The minimum Gasteiger partial charge on any atom is -0.477 e. The normalized spacial score (nSPS) is 17.4. The Kier molecular flexibility index (Phi) is 7.72. The van der Waals surface area contributed by atoms with E-state index in [4.69, 9.17) is 9.47 Å². The molecule has 1 aliphatic rings. The summed E-state index contributed by atoms with van der Waals surface area (Å²) in [6, 6.07) is 1.73. The van der Waals surface area contributed by atoms with Crippen molar-refractivity contribution >= 4 is 29.1 Å². The first-order chi connectivity index (χ1) is 13.1. The molecule has 0 aromatic carbocycles. The molecule has 1 aliphatic heterocycles. The smallest absolute Gasteiger partial charge is 0.407 e. The van der Waals surface area contributed by atoms with Gasteiger partial charge in [-0.25, -0.2) is 9.59 Å². The number of amides is 1. The van der Waals surface area contributed by atoms with Crippen molar-refractivity contribution in [3.8, 4) is 11.8 Å². The van der Waals surface area contributed by atoms with E-state index in [-0.39, 0.29) is 22.4 Å². The molecule has 28 heavy (non-hydrogen) atoms. The maximum absolute atomic E-state index is 11.7. The molecule has 0 spiro atoms. The van der Waals surface area contributed by atoms with E-state index in [0.29, 0.717) is 36.7 Å². The number of anilines is 1. The van der Waals surface area contributed by atoms with Crippen LogP contribution in [0.1, 0.15) is 55.1 Å². The first-order valence-corrected chi connectivity index (χ1v) is 10.1. The highest BCUT2D eigenvalue weighted by Crippen LogP contribution is 2.28. The van der Waals surface area contributed by atoms with Gasteiger partial charge in [0.2, 0.25) is 0 Å². The zero-order valence-electron chi connectivity index (χ0n) is 16.8. The summed E-state index contributed by atoms with van der Waals surface area (Å²) in [5, 5.41) is 15.4. The average Bonchev–Trinajstić information content (AvgIpc) is 3.22. The number of aromatic carboxylic acids is 1. The van der Waals surface area contributed by atoms with Crippen LogP contribution in [0.15, 0.2) is 6.07 Å². The van der Waals surface area contributed by atoms with E-state index >= 15 is 0 Å². The fourth-order valence-corrected chi connectivity index (χ4v) is 3.31. The van der Waals surface area contributed by atoms with Crippen LogP contribution in [0.2, 0.25) is 0 Å². The standard InChI is InChI=1S/C20H28N2O5S/c1-13(6-9-21-19(25)27-14-7-10-26-12-14)22-16-11-15(5-8-20(2,3)4)28-17(16)18(23)24/h11,13-14,22H,6-7,9-10,12H2,1-4H3,(H,21,25)(H,23,24)/t13-,14-/m0/s1. The van der Waals surface area contributed by atoms with Gasteiger partial charge >= 0.3 is 12.1 Å². The van der Waals surface area contributed by atoms with Crippen LogP contribution in [0.25, 0.3) is 0 Å². The molecule has 0 radical (unpaired) electrons. The third-order valence-corrected chi connectivity index (χ3v) is 4.94. The Morgan fingerprint density at radius 1 is 1.46 bits per heavy atom. The van der Waals surface area contributed by atoms with Gasteiger partial charge in [-0.3, -0.25) is 0 Å². The van der Waals surface area contributed by atoms with Crippen LogP contribution in [-0.4, -0.2) is 49.1 Å². The van der Waals surface area contributed by atoms with E-state index in [0.717, 1.165) is 17.8 Å². The third kappa shape index (κ3) is 7.41. The number of hydrogen-bond acceptors (Lipinski definition) is 6. The maximum atomic E-state index is 11.7. The number of carbonyl (C=O) groups is 2. The van der Waals surface area contributed by atoms with Gasteiger partial charge in [0.05, 0.1) is 23.8 Å². The van der Waals surface area contributed by atoms with Crippen molar-refractivity contribution in [2.24, 2.45) is 5.41 Å². The molecule has 0 unspecified atom stereocenters. The summed E-state index contributed by atoms with van der Waals surface area (Å²) in [6.07, 6.45) is 0.715. The lowest BCUT2D eigenvalue weighted by Gasteiger charge is -2.16. The second kappa shape index (κ2) is 9.80. The van der Waals surface area contributed by atoms with Gasteiger partial charge in [-0.05, 0) is 40.2 Å². The molecule has 2 rings (SSSR count). The number of carboxylic acid groups (broad SMARTS) is 1. The molecular formula is C20H28N2O5S. The summed E-state index contributed by atoms with van der Waals surface area (Å²) in [5.41, 5.74) is 0.396. The molecule has 2 atom stereocenters. The maximum Gasteiger partial charge on any atom is 0.407 e. The molecular weight excluding hydrogens is 380 g/mol. The number of carbonyl (C=O) groups excluding carboxylic acids is 1. The number of rotatable bonds is 7. The number of carboxylic acids is 1. The van der Waals surface area contributed by atoms with Gasteiger partial charge < -0.3 is 25.2 Å². The quantitative estimate of drug-likeness (QED) is 0.597. The third-order valence-electron chi connectivity index (χ3n) is 3.90. The van der Waals surface area contributed by atoms with Gasteiger partial charge in [0.15, 0.2) is 0 Å². The summed E-state index contributed by atoms with van der Waals surface area (Å²) in [6.45, 7) is 9.43. The topological polar surface area (TPSA) is 96.9 Å². The van der Waals surface area contributed by atoms with E-state index < -0.39 is 12.1 Å². The number of thiophene rings is 1. The van der Waals surface area contributed by atoms with Crippen LogP contribution < -0.4 is 10.6 Å². The predicted octanol–water partition coefficient (Wildman–Crippen LogP) is 3.55. The second-order valence-electron chi connectivity index (χ2n) is 7.81. The van der Waals surface area contributed by atoms with Gasteiger partial charge in [0.1, 0.15) is 11.0 Å². The Balaban J connectivity index is 1.86. The van der Waals surface area contributed by atoms with E-state index in [1.807, 2.05) is 27.7 Å². The summed E-state index contributed by atoms with van der Waals surface area (Å²) in [7, 11) is 0. The van der Waals surface area contributed by atoms with Crippen LogP contribution in [0, 0.1) is 17.3 Å². The SMILES string of the molecule is C[C@@H](CCNC(=O)O[C@H]1CCOC1)Nc1cc(C#CC(C)(C)C)sc1C(=O)O. The van der Waals surface area contributed by atoms with Crippen LogP contribution in [0.3, 0.4) is 0 Å². The molecule has 1 fully saturated rings. The van der Waals surface area contributed by atoms with Crippen molar-refractivity contribution in [3.05, 3.63) is 15.8 Å². The van der Waals surface area contributed by atoms with Crippen LogP contribution in [0.5, 0.6) is 0 Å². The van der Waals surface area contributed by atoms with E-state index in [1.165, 1.54) is 0 Å². The molecule has 3 N–H and O–H groups in total. The molecule has 1 aromatic rings. The molecule has 0 saturated carbocycles. The van der Waals surface area contributed by atoms with Gasteiger partial charge in [-0.2, -0.15) is 0 Å². The molecule has 154 valence electrons. The summed E-state index contributed by atoms with van der Waals surface area (Å²) < 4.78 is 10.4. The van der Waals surface area contributed by atoms with Crippen molar-refractivity contribution in [2.45, 2.75) is 52.7 Å². The van der Waals surface area contributed by atoms with Crippen molar-refractivity contribution in [1.82, 2.24) is 5.32 Å². The molecule has 7 nitrogen and oxygen atoms in total.